The Hall–Kier alpha value is -1.78. The van der Waals surface area contributed by atoms with Crippen molar-refractivity contribution in [3.8, 4) is 0 Å². The molecule has 0 radical (unpaired) electrons. The summed E-state index contributed by atoms with van der Waals surface area (Å²) in [6, 6.07) is 1.13. The summed E-state index contributed by atoms with van der Waals surface area (Å²) in [5, 5.41) is 16.5. The smallest absolute Gasteiger partial charge is 0.413 e. The lowest BCUT2D eigenvalue weighted by Gasteiger charge is -2.15. The first kappa shape index (κ1) is 19.3. The molecule has 0 saturated carbocycles. The maximum atomic E-state index is 12.2. The Balaban J connectivity index is 2.88. The van der Waals surface area contributed by atoms with Gasteiger partial charge < -0.3 is 20.5 Å². The van der Waals surface area contributed by atoms with Gasteiger partial charge in [0.05, 0.1) is 18.8 Å². The minimum absolute atomic E-state index is 0.0532. The summed E-state index contributed by atoms with van der Waals surface area (Å²) in [6.07, 6.45) is 0.767. The van der Waals surface area contributed by atoms with E-state index in [-0.39, 0.29) is 29.7 Å². The van der Waals surface area contributed by atoms with E-state index in [1.54, 1.807) is 19.9 Å². The van der Waals surface area contributed by atoms with E-state index in [4.69, 9.17) is 22.1 Å². The van der Waals surface area contributed by atoms with E-state index in [0.29, 0.717) is 4.47 Å². The summed E-state index contributed by atoms with van der Waals surface area (Å²) in [4.78, 5) is 27.6. The number of nitrogens with one attached hydrogen (secondary N) is 3. The number of aliphatic hydroxyl groups is 1. The van der Waals surface area contributed by atoms with Gasteiger partial charge in [-0.15, -0.1) is 0 Å². The molecule has 1 aromatic heterocycles. The molecule has 0 bridgehead atoms. The number of anilines is 1. The van der Waals surface area contributed by atoms with Crippen molar-refractivity contribution in [3.63, 3.8) is 0 Å². The van der Waals surface area contributed by atoms with E-state index in [0.717, 1.165) is 0 Å². The van der Waals surface area contributed by atoms with Gasteiger partial charge in [0.15, 0.2) is 5.11 Å². The van der Waals surface area contributed by atoms with Gasteiger partial charge in [0.25, 0.3) is 5.91 Å². The molecule has 126 valence electrons. The number of hydrogen-bond donors (Lipinski definition) is 4. The predicted molar refractivity (Wildman–Crippen MR) is 92.3 cm³/mol. The quantitative estimate of drug-likeness (QED) is 0.548. The second kappa shape index (κ2) is 9.38. The van der Waals surface area contributed by atoms with Crippen LogP contribution in [0.5, 0.6) is 0 Å². The van der Waals surface area contributed by atoms with Crippen molar-refractivity contribution in [1.29, 1.82) is 0 Å². The van der Waals surface area contributed by atoms with Gasteiger partial charge >= 0.3 is 6.09 Å². The highest BCUT2D eigenvalue weighted by Crippen LogP contribution is 2.18. The van der Waals surface area contributed by atoms with Crippen LogP contribution < -0.4 is 16.0 Å². The van der Waals surface area contributed by atoms with Crippen LogP contribution in [0.25, 0.3) is 0 Å². The average molecular weight is 405 g/mol. The lowest BCUT2D eigenvalue weighted by atomic mass is 10.2. The predicted octanol–water partition coefficient (Wildman–Crippen LogP) is 1.40. The zero-order valence-corrected chi connectivity index (χ0v) is 15.0. The van der Waals surface area contributed by atoms with Gasteiger partial charge in [-0.1, -0.05) is 0 Å². The molecule has 0 saturated heterocycles. The second-order valence-electron chi connectivity index (χ2n) is 4.41. The maximum Gasteiger partial charge on any atom is 0.413 e. The Morgan fingerprint density at radius 1 is 1.52 bits per heavy atom. The van der Waals surface area contributed by atoms with E-state index in [2.05, 4.69) is 36.9 Å². The number of alkyl carbamates (subject to hydrolysis) is 1. The number of amides is 2. The van der Waals surface area contributed by atoms with Crippen LogP contribution >= 0.6 is 28.1 Å². The first-order valence-electron chi connectivity index (χ1n) is 6.69. The lowest BCUT2D eigenvalue weighted by Crippen LogP contribution is -2.37. The number of halogens is 1. The molecule has 0 aliphatic heterocycles. The second-order valence-corrected chi connectivity index (χ2v) is 5.73. The van der Waals surface area contributed by atoms with E-state index in [9.17, 15) is 9.59 Å². The minimum atomic E-state index is -0.706. The Kier molecular flexibility index (Phi) is 7.86. The molecule has 1 heterocycles. The molecule has 4 N–H and O–H groups in total. The summed E-state index contributed by atoms with van der Waals surface area (Å²) in [5.41, 5.74) is 0.202. The molecular weight excluding hydrogens is 388 g/mol. The summed E-state index contributed by atoms with van der Waals surface area (Å²) in [6.45, 7) is 3.33. The monoisotopic (exact) mass is 404 g/mol. The first-order chi connectivity index (χ1) is 10.9. The fourth-order valence-electron chi connectivity index (χ4n) is 1.46. The minimum Gasteiger partial charge on any atom is -0.450 e. The van der Waals surface area contributed by atoms with E-state index < -0.39 is 18.0 Å². The highest BCUT2D eigenvalue weighted by Gasteiger charge is 2.17. The first-order valence-corrected chi connectivity index (χ1v) is 7.89. The van der Waals surface area contributed by atoms with Gasteiger partial charge in [-0.2, -0.15) is 0 Å². The molecule has 0 spiro atoms. The molecule has 0 fully saturated rings. The zero-order valence-electron chi connectivity index (χ0n) is 12.6. The van der Waals surface area contributed by atoms with Crippen LogP contribution in [0.1, 0.15) is 24.2 Å². The number of aromatic nitrogens is 1. The number of hydrogen-bond acceptors (Lipinski definition) is 6. The number of ether oxygens (including phenoxy) is 1. The van der Waals surface area contributed by atoms with E-state index in [1.807, 2.05) is 0 Å². The summed E-state index contributed by atoms with van der Waals surface area (Å²) < 4.78 is 5.29. The van der Waals surface area contributed by atoms with Gasteiger partial charge in [-0.05, 0) is 48.1 Å². The van der Waals surface area contributed by atoms with Crippen LogP contribution in [0.4, 0.5) is 10.6 Å². The van der Waals surface area contributed by atoms with Crippen molar-refractivity contribution in [2.75, 3.05) is 18.5 Å². The van der Waals surface area contributed by atoms with Crippen LogP contribution in [-0.2, 0) is 4.74 Å². The number of pyridine rings is 1. The lowest BCUT2D eigenvalue weighted by molar-refractivity contribution is 0.0922. The maximum absolute atomic E-state index is 12.2. The standard InChI is InChI=1S/C13H17BrN4O4S/c1-3-22-13(21)18-12(23)17-10-9(4-8(14)5-15-10)11(20)16-7(2)6-19/h4-5,7,19H,3,6H2,1-2H3,(H,16,20)(H2,15,17,18,21,23). The Bertz CT molecular complexity index is 599. The molecule has 8 nitrogen and oxygen atoms in total. The van der Waals surface area contributed by atoms with Gasteiger partial charge in [0.2, 0.25) is 0 Å². The van der Waals surface area contributed by atoms with Gasteiger partial charge in [0, 0.05) is 16.7 Å². The highest BCUT2D eigenvalue weighted by atomic mass is 79.9. The van der Waals surface area contributed by atoms with Crippen LogP contribution in [0, 0.1) is 0 Å². The largest absolute Gasteiger partial charge is 0.450 e. The summed E-state index contributed by atoms with van der Waals surface area (Å²) in [7, 11) is 0. The highest BCUT2D eigenvalue weighted by molar-refractivity contribution is 9.10. The van der Waals surface area contributed by atoms with Crippen LogP contribution in [0.3, 0.4) is 0 Å². The number of carbonyl (C=O) groups excluding carboxylic acids is 2. The Morgan fingerprint density at radius 2 is 2.22 bits per heavy atom. The van der Waals surface area contributed by atoms with Crippen molar-refractivity contribution in [2.24, 2.45) is 0 Å². The topological polar surface area (TPSA) is 113 Å². The molecule has 1 rings (SSSR count). The number of aliphatic hydroxyl groups excluding tert-OH is 1. The zero-order chi connectivity index (χ0) is 17.4. The molecule has 1 atom stereocenters. The number of thiocarbonyl (C=S) groups is 1. The van der Waals surface area contributed by atoms with Crippen LogP contribution in [0.15, 0.2) is 16.7 Å². The molecule has 0 aliphatic rings. The van der Waals surface area contributed by atoms with Gasteiger partial charge in [-0.3, -0.25) is 10.1 Å². The molecule has 10 heteroatoms. The Labute approximate surface area is 147 Å². The number of carbonyl (C=O) groups is 2. The molecule has 0 aromatic carbocycles. The third-order valence-corrected chi connectivity index (χ3v) is 3.11. The third kappa shape index (κ3) is 6.47. The van der Waals surface area contributed by atoms with Gasteiger partial charge in [0.1, 0.15) is 5.82 Å². The van der Waals surface area contributed by atoms with E-state index >= 15 is 0 Å². The molecule has 1 aromatic rings. The van der Waals surface area contributed by atoms with Crippen molar-refractivity contribution >= 4 is 51.1 Å². The molecule has 0 aliphatic carbocycles. The summed E-state index contributed by atoms with van der Waals surface area (Å²) >= 11 is 8.20. The summed E-state index contributed by atoms with van der Waals surface area (Å²) in [5.74, 6) is -0.278. The number of nitrogens with zero attached hydrogens (tertiary/aromatic N) is 1. The van der Waals surface area contributed by atoms with Crippen LogP contribution in [0.2, 0.25) is 0 Å². The van der Waals surface area contributed by atoms with Crippen molar-refractivity contribution in [3.05, 3.63) is 22.3 Å². The Morgan fingerprint density at radius 3 is 2.83 bits per heavy atom. The van der Waals surface area contributed by atoms with E-state index in [1.165, 1.54) is 6.20 Å². The van der Waals surface area contributed by atoms with Crippen molar-refractivity contribution < 1.29 is 19.4 Å². The average Bonchev–Trinajstić information content (AvgIpc) is 2.48. The fraction of sp³-hybridized carbons (Fsp3) is 0.385. The fourth-order valence-corrected chi connectivity index (χ4v) is 1.97. The molecular formula is C13H17BrN4O4S. The molecule has 23 heavy (non-hydrogen) atoms. The third-order valence-electron chi connectivity index (χ3n) is 2.47. The molecule has 1 unspecified atom stereocenters. The SMILES string of the molecule is CCOC(=O)NC(=S)Nc1ncc(Br)cc1C(=O)NC(C)CO. The van der Waals surface area contributed by atoms with Crippen molar-refractivity contribution in [1.82, 2.24) is 15.6 Å². The van der Waals surface area contributed by atoms with Gasteiger partial charge in [-0.25, -0.2) is 9.78 Å². The van der Waals surface area contributed by atoms with Crippen molar-refractivity contribution in [2.45, 2.75) is 19.9 Å². The number of rotatable bonds is 5. The van der Waals surface area contributed by atoms with Crippen LogP contribution in [-0.4, -0.2) is 46.5 Å². The molecule has 2 amide bonds. The normalized spacial score (nSPS) is 11.3.